The van der Waals surface area contributed by atoms with Crippen LogP contribution in [0.25, 0.3) is 0 Å². The number of aromatic nitrogens is 1. The fourth-order valence-electron chi connectivity index (χ4n) is 3.67. The molecule has 3 fully saturated rings. The van der Waals surface area contributed by atoms with E-state index >= 15 is 0 Å². The molecular formula is C18H26N4O2. The highest BCUT2D eigenvalue weighted by Crippen LogP contribution is 2.29. The second kappa shape index (κ2) is 6.89. The second-order valence-corrected chi connectivity index (χ2v) is 7.15. The van der Waals surface area contributed by atoms with Crippen LogP contribution >= 0.6 is 0 Å². The number of pyridine rings is 1. The van der Waals surface area contributed by atoms with Gasteiger partial charge in [-0.15, -0.1) is 0 Å². The van der Waals surface area contributed by atoms with Crippen LogP contribution in [0.5, 0.6) is 0 Å². The van der Waals surface area contributed by atoms with Gasteiger partial charge in [0.15, 0.2) is 0 Å². The van der Waals surface area contributed by atoms with Gasteiger partial charge in [-0.25, -0.2) is 0 Å². The van der Waals surface area contributed by atoms with Crippen LogP contribution in [-0.4, -0.2) is 71.3 Å². The van der Waals surface area contributed by atoms with Crippen LogP contribution < -0.4 is 0 Å². The summed E-state index contributed by atoms with van der Waals surface area (Å²) < 4.78 is 0. The lowest BCUT2D eigenvalue weighted by Gasteiger charge is -2.36. The van der Waals surface area contributed by atoms with Gasteiger partial charge < -0.3 is 9.80 Å². The maximum Gasteiger partial charge on any atom is 0.241 e. The van der Waals surface area contributed by atoms with Gasteiger partial charge in [-0.3, -0.25) is 19.5 Å². The lowest BCUT2D eigenvalue weighted by atomic mass is 9.94. The second-order valence-electron chi connectivity index (χ2n) is 7.15. The molecule has 4 rings (SSSR count). The molecule has 24 heavy (non-hydrogen) atoms. The summed E-state index contributed by atoms with van der Waals surface area (Å²) in [4.78, 5) is 35.1. The molecule has 0 spiro atoms. The Balaban J connectivity index is 1.72. The zero-order chi connectivity index (χ0) is 17.3. The van der Waals surface area contributed by atoms with E-state index in [-0.39, 0.29) is 30.3 Å². The van der Waals surface area contributed by atoms with Crippen LogP contribution in [0.4, 0.5) is 0 Å². The van der Waals surface area contributed by atoms with Gasteiger partial charge in [0, 0.05) is 45.5 Å². The van der Waals surface area contributed by atoms with Crippen molar-refractivity contribution < 1.29 is 9.59 Å². The van der Waals surface area contributed by atoms with Gasteiger partial charge in [-0.1, -0.05) is 6.07 Å². The number of amides is 2. The van der Waals surface area contributed by atoms with E-state index in [0.717, 1.165) is 43.9 Å². The van der Waals surface area contributed by atoms with Crippen molar-refractivity contribution in [3.05, 3.63) is 29.6 Å². The molecule has 0 aromatic carbocycles. The third kappa shape index (κ3) is 3.59. The van der Waals surface area contributed by atoms with Gasteiger partial charge in [0.2, 0.25) is 11.8 Å². The molecular weight excluding hydrogens is 304 g/mol. The van der Waals surface area contributed by atoms with Crippen molar-refractivity contribution >= 4 is 11.8 Å². The number of hydrogen-bond donors (Lipinski definition) is 0. The summed E-state index contributed by atoms with van der Waals surface area (Å²) in [6.07, 6.45) is 1.91. The quantitative estimate of drug-likeness (QED) is 0.823. The predicted octanol–water partition coefficient (Wildman–Crippen LogP) is 0.901. The third-order valence-electron chi connectivity index (χ3n) is 5.00. The monoisotopic (exact) mass is 330 g/mol. The summed E-state index contributed by atoms with van der Waals surface area (Å²) in [5.74, 6) is 0.132. The average molecular weight is 330 g/mol. The van der Waals surface area contributed by atoms with E-state index in [1.165, 1.54) is 0 Å². The molecule has 0 saturated carbocycles. The number of likely N-dealkylation sites (N-methyl/N-ethyl adjacent to an activating group) is 1. The molecule has 6 nitrogen and oxygen atoms in total. The van der Waals surface area contributed by atoms with Crippen molar-refractivity contribution in [2.24, 2.45) is 5.92 Å². The van der Waals surface area contributed by atoms with Crippen LogP contribution in [-0.2, 0) is 16.1 Å². The first-order valence-electron chi connectivity index (χ1n) is 8.59. The Labute approximate surface area is 143 Å². The lowest BCUT2D eigenvalue weighted by Crippen LogP contribution is -2.51. The highest BCUT2D eigenvalue weighted by molar-refractivity contribution is 5.86. The van der Waals surface area contributed by atoms with Crippen LogP contribution in [0.15, 0.2) is 18.2 Å². The van der Waals surface area contributed by atoms with E-state index in [2.05, 4.69) is 9.88 Å². The fourth-order valence-corrected chi connectivity index (χ4v) is 3.67. The van der Waals surface area contributed by atoms with E-state index in [4.69, 9.17) is 0 Å². The standard InChI is InChI=1S/C18H26N4O2/c1-13-5-4-6-15(19-13)10-21-9-14-7-8-16(11-21)22(18(14)24)12-17(23)20(2)3/h4-6,14,16H,7-12H2,1-3H3/t14-,16+/m1/s1. The molecule has 1 aromatic heterocycles. The molecule has 0 N–H and O–H groups in total. The molecule has 3 aliphatic heterocycles. The van der Waals surface area contributed by atoms with E-state index in [1.807, 2.05) is 25.1 Å². The molecule has 6 heteroatoms. The van der Waals surface area contributed by atoms with Crippen LogP contribution in [0.1, 0.15) is 24.2 Å². The van der Waals surface area contributed by atoms with Gasteiger partial charge >= 0.3 is 0 Å². The smallest absolute Gasteiger partial charge is 0.241 e. The van der Waals surface area contributed by atoms with Gasteiger partial charge in [0.05, 0.1) is 11.6 Å². The van der Waals surface area contributed by atoms with Crippen molar-refractivity contribution in [3.8, 4) is 0 Å². The van der Waals surface area contributed by atoms with Gasteiger partial charge in [-0.05, 0) is 31.9 Å². The maximum absolute atomic E-state index is 12.7. The summed E-state index contributed by atoms with van der Waals surface area (Å²) in [5, 5.41) is 0. The molecule has 3 aliphatic rings. The summed E-state index contributed by atoms with van der Waals surface area (Å²) >= 11 is 0. The van der Waals surface area contributed by atoms with E-state index in [0.29, 0.717) is 0 Å². The van der Waals surface area contributed by atoms with Gasteiger partial charge in [0.25, 0.3) is 0 Å². The summed E-state index contributed by atoms with van der Waals surface area (Å²) in [7, 11) is 3.47. The van der Waals surface area contributed by atoms with Crippen molar-refractivity contribution in [1.29, 1.82) is 0 Å². The number of rotatable bonds is 4. The minimum Gasteiger partial charge on any atom is -0.347 e. The number of carbonyl (C=O) groups excluding carboxylic acids is 2. The summed E-state index contributed by atoms with van der Waals surface area (Å²) in [6, 6.07) is 6.19. The van der Waals surface area contributed by atoms with E-state index < -0.39 is 0 Å². The Morgan fingerprint density at radius 2 is 2.08 bits per heavy atom. The third-order valence-corrected chi connectivity index (χ3v) is 5.00. The molecule has 4 heterocycles. The largest absolute Gasteiger partial charge is 0.347 e. The molecule has 1 aromatic rings. The Bertz CT molecular complexity index is 631. The van der Waals surface area contributed by atoms with E-state index in [1.54, 1.807) is 23.9 Å². The van der Waals surface area contributed by atoms with Gasteiger partial charge in [0.1, 0.15) is 6.54 Å². The van der Waals surface area contributed by atoms with Crippen LogP contribution in [0.2, 0.25) is 0 Å². The van der Waals surface area contributed by atoms with Gasteiger partial charge in [-0.2, -0.15) is 0 Å². The number of hydrogen-bond acceptors (Lipinski definition) is 4. The first-order chi connectivity index (χ1) is 11.4. The van der Waals surface area contributed by atoms with Crippen LogP contribution in [0.3, 0.4) is 0 Å². The molecule has 2 atom stereocenters. The van der Waals surface area contributed by atoms with Crippen molar-refractivity contribution in [3.63, 3.8) is 0 Å². The van der Waals surface area contributed by atoms with Crippen LogP contribution in [0, 0.1) is 12.8 Å². The number of carbonyl (C=O) groups is 2. The topological polar surface area (TPSA) is 56.8 Å². The average Bonchev–Trinajstić information content (AvgIpc) is 2.79. The maximum atomic E-state index is 12.7. The Morgan fingerprint density at radius 1 is 1.29 bits per heavy atom. The SMILES string of the molecule is Cc1cccc(CN2C[C@H]3CC[C@@H](C2)N(CC(=O)N(C)C)C3=O)n1. The minimum atomic E-state index is -0.0113. The zero-order valence-electron chi connectivity index (χ0n) is 14.7. The number of piperidine rings is 1. The summed E-state index contributed by atoms with van der Waals surface area (Å²) in [6.45, 7) is 4.53. The molecule has 0 aliphatic carbocycles. The predicted molar refractivity (Wildman–Crippen MR) is 91.2 cm³/mol. The molecule has 0 unspecified atom stereocenters. The summed E-state index contributed by atoms with van der Waals surface area (Å²) in [5.41, 5.74) is 2.05. The molecule has 3 saturated heterocycles. The van der Waals surface area contributed by atoms with Crippen molar-refractivity contribution in [2.45, 2.75) is 32.4 Å². The Kier molecular flexibility index (Phi) is 4.85. The lowest BCUT2D eigenvalue weighted by molar-refractivity contribution is -0.145. The Hall–Kier alpha value is -1.95. The first-order valence-corrected chi connectivity index (χ1v) is 8.59. The molecule has 2 amide bonds. The fraction of sp³-hybridized carbons (Fsp3) is 0.611. The highest BCUT2D eigenvalue weighted by Gasteiger charge is 2.41. The molecule has 0 radical (unpaired) electrons. The molecule has 130 valence electrons. The Morgan fingerprint density at radius 3 is 2.79 bits per heavy atom. The van der Waals surface area contributed by atoms with Crippen molar-refractivity contribution in [2.75, 3.05) is 33.7 Å². The zero-order valence-corrected chi connectivity index (χ0v) is 14.7. The first kappa shape index (κ1) is 16.9. The number of nitrogens with zero attached hydrogens (tertiary/aromatic N) is 4. The molecule has 2 bridgehead atoms. The number of aryl methyl sites for hydroxylation is 1. The normalized spacial score (nSPS) is 24.1. The highest BCUT2D eigenvalue weighted by atomic mass is 16.2. The minimum absolute atomic E-state index is 0.00326. The van der Waals surface area contributed by atoms with Crippen molar-refractivity contribution in [1.82, 2.24) is 19.7 Å². The van der Waals surface area contributed by atoms with E-state index in [9.17, 15) is 9.59 Å². The number of fused-ring (bicyclic) bond motifs is 4.